The second kappa shape index (κ2) is 11.4. The zero-order valence-electron chi connectivity index (χ0n) is 18.0. The molecular formula is C21H33FN6O. The van der Waals surface area contributed by atoms with Crippen molar-refractivity contribution in [2.75, 3.05) is 33.7 Å². The molecule has 2 aromatic rings. The van der Waals surface area contributed by atoms with Gasteiger partial charge in [-0.2, -0.15) is 5.10 Å². The van der Waals surface area contributed by atoms with Gasteiger partial charge in [0.05, 0.1) is 25.3 Å². The van der Waals surface area contributed by atoms with Gasteiger partial charge in [0.1, 0.15) is 6.10 Å². The van der Waals surface area contributed by atoms with Crippen LogP contribution in [0.25, 0.3) is 0 Å². The van der Waals surface area contributed by atoms with Gasteiger partial charge in [0.2, 0.25) is 0 Å². The topological polar surface area (TPSA) is 66.7 Å². The standard InChI is InChI=1S/C21H33FN6O/c1-6-17(29-20-11-9-8-10-18(20)22)13-24-21(23-7-2)25-14-19(27(3)4)16-12-26-28(5)15-16/h8-12,15,17,19H,6-7,13-14H2,1-5H3,(H2,23,24,25). The van der Waals surface area contributed by atoms with Crippen LogP contribution in [0.2, 0.25) is 0 Å². The predicted octanol–water partition coefficient (Wildman–Crippen LogP) is 2.57. The number of para-hydroxylation sites is 1. The summed E-state index contributed by atoms with van der Waals surface area (Å²) in [5.41, 5.74) is 1.12. The van der Waals surface area contributed by atoms with Crippen molar-refractivity contribution in [3.63, 3.8) is 0 Å². The van der Waals surface area contributed by atoms with Gasteiger partial charge in [-0.1, -0.05) is 19.1 Å². The number of aromatic nitrogens is 2. The maximum Gasteiger partial charge on any atom is 0.191 e. The minimum Gasteiger partial charge on any atom is -0.486 e. The quantitative estimate of drug-likeness (QED) is 0.471. The smallest absolute Gasteiger partial charge is 0.191 e. The molecule has 29 heavy (non-hydrogen) atoms. The molecule has 160 valence electrons. The van der Waals surface area contributed by atoms with E-state index in [4.69, 9.17) is 9.73 Å². The van der Waals surface area contributed by atoms with E-state index in [-0.39, 0.29) is 23.7 Å². The highest BCUT2D eigenvalue weighted by molar-refractivity contribution is 5.79. The Morgan fingerprint density at radius 1 is 1.28 bits per heavy atom. The maximum atomic E-state index is 13.9. The van der Waals surface area contributed by atoms with E-state index in [1.807, 2.05) is 47.4 Å². The number of halogens is 1. The Hall–Kier alpha value is -2.61. The molecular weight excluding hydrogens is 371 g/mol. The van der Waals surface area contributed by atoms with Crippen molar-refractivity contribution in [2.45, 2.75) is 32.4 Å². The number of nitrogens with one attached hydrogen (secondary N) is 2. The first-order chi connectivity index (χ1) is 13.9. The number of guanidine groups is 1. The zero-order valence-corrected chi connectivity index (χ0v) is 18.0. The molecule has 1 aromatic carbocycles. The van der Waals surface area contributed by atoms with Gasteiger partial charge in [0.15, 0.2) is 17.5 Å². The number of likely N-dealkylation sites (N-methyl/N-ethyl adjacent to an activating group) is 1. The summed E-state index contributed by atoms with van der Waals surface area (Å²) in [6.45, 7) is 5.89. The van der Waals surface area contributed by atoms with Crippen LogP contribution < -0.4 is 15.4 Å². The molecule has 1 heterocycles. The number of hydrogen-bond donors (Lipinski definition) is 2. The fraction of sp³-hybridized carbons (Fsp3) is 0.524. The van der Waals surface area contributed by atoms with Gasteiger partial charge in [-0.15, -0.1) is 0 Å². The predicted molar refractivity (Wildman–Crippen MR) is 115 cm³/mol. The van der Waals surface area contributed by atoms with E-state index in [0.29, 0.717) is 19.0 Å². The van der Waals surface area contributed by atoms with Crippen LogP contribution in [0.4, 0.5) is 4.39 Å². The van der Waals surface area contributed by atoms with Crippen molar-refractivity contribution < 1.29 is 9.13 Å². The van der Waals surface area contributed by atoms with Gasteiger partial charge >= 0.3 is 0 Å². The van der Waals surface area contributed by atoms with Gasteiger partial charge in [-0.05, 0) is 39.6 Å². The number of hydrogen-bond acceptors (Lipinski definition) is 4. The Morgan fingerprint density at radius 3 is 2.62 bits per heavy atom. The highest BCUT2D eigenvalue weighted by Crippen LogP contribution is 2.18. The summed E-state index contributed by atoms with van der Waals surface area (Å²) in [6.07, 6.45) is 4.46. The highest BCUT2D eigenvalue weighted by Gasteiger charge is 2.16. The molecule has 2 atom stereocenters. The molecule has 0 radical (unpaired) electrons. The first-order valence-corrected chi connectivity index (χ1v) is 10.0. The van der Waals surface area contributed by atoms with Gasteiger partial charge in [-0.25, -0.2) is 4.39 Å². The first kappa shape index (κ1) is 22.7. The molecule has 0 saturated heterocycles. The lowest BCUT2D eigenvalue weighted by Gasteiger charge is -2.23. The normalized spacial score (nSPS) is 14.0. The number of benzene rings is 1. The van der Waals surface area contributed by atoms with E-state index in [1.54, 1.807) is 22.9 Å². The molecule has 0 bridgehead atoms. The van der Waals surface area contributed by atoms with E-state index < -0.39 is 0 Å². The second-order valence-corrected chi connectivity index (χ2v) is 7.11. The Balaban J connectivity index is 2.00. The highest BCUT2D eigenvalue weighted by atomic mass is 19.1. The fourth-order valence-corrected chi connectivity index (χ4v) is 2.90. The fourth-order valence-electron chi connectivity index (χ4n) is 2.90. The summed E-state index contributed by atoms with van der Waals surface area (Å²) in [4.78, 5) is 6.86. The van der Waals surface area contributed by atoms with Crippen LogP contribution in [0.3, 0.4) is 0 Å². The average molecular weight is 405 g/mol. The summed E-state index contributed by atoms with van der Waals surface area (Å²) >= 11 is 0. The average Bonchev–Trinajstić information content (AvgIpc) is 3.12. The molecule has 0 saturated carbocycles. The molecule has 0 fully saturated rings. The summed E-state index contributed by atoms with van der Waals surface area (Å²) in [5.74, 6) is 0.628. The lowest BCUT2D eigenvalue weighted by atomic mass is 10.1. The van der Waals surface area contributed by atoms with Crippen molar-refractivity contribution >= 4 is 5.96 Å². The number of rotatable bonds is 10. The monoisotopic (exact) mass is 404 g/mol. The van der Waals surface area contributed by atoms with Crippen molar-refractivity contribution in [2.24, 2.45) is 12.0 Å². The lowest BCUT2D eigenvalue weighted by molar-refractivity contribution is 0.191. The van der Waals surface area contributed by atoms with Crippen LogP contribution in [0.1, 0.15) is 31.9 Å². The van der Waals surface area contributed by atoms with Crippen LogP contribution in [-0.2, 0) is 7.05 Å². The summed E-state index contributed by atoms with van der Waals surface area (Å²) in [5, 5.41) is 10.8. The van der Waals surface area contributed by atoms with Gasteiger partial charge in [-0.3, -0.25) is 9.67 Å². The summed E-state index contributed by atoms with van der Waals surface area (Å²) in [7, 11) is 5.97. The third-order valence-corrected chi connectivity index (χ3v) is 4.58. The van der Waals surface area contributed by atoms with Crippen molar-refractivity contribution in [3.8, 4) is 5.75 Å². The molecule has 8 heteroatoms. The molecule has 0 spiro atoms. The first-order valence-electron chi connectivity index (χ1n) is 10.0. The Kier molecular flexibility index (Phi) is 8.92. The second-order valence-electron chi connectivity index (χ2n) is 7.11. The van der Waals surface area contributed by atoms with Crippen LogP contribution >= 0.6 is 0 Å². The van der Waals surface area contributed by atoms with Crippen molar-refractivity contribution in [1.29, 1.82) is 0 Å². The number of aryl methyl sites for hydroxylation is 1. The Morgan fingerprint density at radius 2 is 2.03 bits per heavy atom. The van der Waals surface area contributed by atoms with E-state index in [1.165, 1.54) is 6.07 Å². The van der Waals surface area contributed by atoms with E-state index in [9.17, 15) is 4.39 Å². The van der Waals surface area contributed by atoms with E-state index in [0.717, 1.165) is 18.5 Å². The minimum atomic E-state index is -0.350. The molecule has 0 aliphatic heterocycles. The summed E-state index contributed by atoms with van der Waals surface area (Å²) < 4.78 is 21.5. The van der Waals surface area contributed by atoms with Gasteiger partial charge in [0.25, 0.3) is 0 Å². The minimum absolute atomic E-state index is 0.121. The summed E-state index contributed by atoms with van der Waals surface area (Å²) in [6, 6.07) is 6.59. The van der Waals surface area contributed by atoms with Gasteiger partial charge in [0, 0.05) is 25.4 Å². The third kappa shape index (κ3) is 7.05. The van der Waals surface area contributed by atoms with Crippen LogP contribution in [0.5, 0.6) is 5.75 Å². The maximum absolute atomic E-state index is 13.9. The van der Waals surface area contributed by atoms with E-state index in [2.05, 4.69) is 20.6 Å². The largest absolute Gasteiger partial charge is 0.486 e. The molecule has 0 aliphatic rings. The molecule has 1 aromatic heterocycles. The molecule has 2 unspecified atom stereocenters. The molecule has 7 nitrogen and oxygen atoms in total. The number of ether oxygens (including phenoxy) is 1. The lowest BCUT2D eigenvalue weighted by Crippen LogP contribution is -2.43. The molecule has 0 amide bonds. The Bertz CT molecular complexity index is 776. The zero-order chi connectivity index (χ0) is 21.2. The SMILES string of the molecule is CCNC(=NCC(c1cnn(C)c1)N(C)C)NCC(CC)Oc1ccccc1F. The van der Waals surface area contributed by atoms with Crippen LogP contribution in [0.15, 0.2) is 41.7 Å². The molecule has 2 rings (SSSR count). The Labute approximate surface area is 173 Å². The molecule has 0 aliphatic carbocycles. The van der Waals surface area contributed by atoms with Crippen LogP contribution in [0, 0.1) is 5.82 Å². The third-order valence-electron chi connectivity index (χ3n) is 4.58. The van der Waals surface area contributed by atoms with Crippen molar-refractivity contribution in [3.05, 3.63) is 48.0 Å². The van der Waals surface area contributed by atoms with Gasteiger partial charge < -0.3 is 20.3 Å². The number of aliphatic imine (C=N–C) groups is 1. The van der Waals surface area contributed by atoms with Crippen LogP contribution in [-0.4, -0.2) is 60.5 Å². The van der Waals surface area contributed by atoms with Crippen molar-refractivity contribution in [1.82, 2.24) is 25.3 Å². The molecule has 2 N–H and O–H groups in total. The number of nitrogens with zero attached hydrogens (tertiary/aromatic N) is 4. The van der Waals surface area contributed by atoms with E-state index >= 15 is 0 Å².